The van der Waals surface area contributed by atoms with Crippen molar-refractivity contribution in [3.63, 3.8) is 0 Å². The first kappa shape index (κ1) is 22.6. The number of esters is 2. The molecule has 2 rings (SSSR count). The highest BCUT2D eigenvalue weighted by Crippen LogP contribution is 2.38. The Balaban J connectivity index is 2.79. The molecule has 1 atom stereocenters. The molecule has 0 aliphatic heterocycles. The number of nitro groups is 1. The van der Waals surface area contributed by atoms with Crippen molar-refractivity contribution in [3.05, 3.63) is 64.0 Å². The molecule has 10 heteroatoms. The second-order valence-electron chi connectivity index (χ2n) is 6.36. The number of ether oxygens (including phenoxy) is 2. The molecular weight excluding hydrogens is 394 g/mol. The Morgan fingerprint density at radius 3 is 2.03 bits per heavy atom. The molecule has 1 unspecified atom stereocenters. The third-order valence-electron chi connectivity index (χ3n) is 4.39. The lowest BCUT2D eigenvalue weighted by atomic mass is 9.75. The Labute approximate surface area is 172 Å². The second-order valence-corrected chi connectivity index (χ2v) is 6.36. The van der Waals surface area contributed by atoms with E-state index in [9.17, 15) is 24.5 Å². The van der Waals surface area contributed by atoms with Gasteiger partial charge >= 0.3 is 11.9 Å². The van der Waals surface area contributed by atoms with E-state index in [2.05, 4.69) is 10.3 Å². The van der Waals surface area contributed by atoms with E-state index >= 15 is 0 Å². The highest BCUT2D eigenvalue weighted by atomic mass is 16.6. The number of benzene rings is 1. The average Bonchev–Trinajstić information content (AvgIpc) is 3.22. The number of rotatable bonds is 9. The summed E-state index contributed by atoms with van der Waals surface area (Å²) in [5.74, 6) is -3.73. The Morgan fingerprint density at radius 2 is 1.63 bits per heavy atom. The lowest BCUT2D eigenvalue weighted by Crippen LogP contribution is -2.64. The number of nitro benzene ring substituents is 1. The number of amides is 1. The predicted molar refractivity (Wildman–Crippen MR) is 106 cm³/mol. The van der Waals surface area contributed by atoms with E-state index in [0.29, 0.717) is 11.1 Å². The van der Waals surface area contributed by atoms with Crippen molar-refractivity contribution in [2.24, 2.45) is 0 Å². The van der Waals surface area contributed by atoms with E-state index in [1.165, 1.54) is 24.3 Å². The fraction of sp³-hybridized carbons (Fsp3) is 0.350. The van der Waals surface area contributed by atoms with Gasteiger partial charge in [-0.25, -0.2) is 9.59 Å². The summed E-state index contributed by atoms with van der Waals surface area (Å²) >= 11 is 0. The second kappa shape index (κ2) is 9.68. The Morgan fingerprint density at radius 1 is 1.07 bits per heavy atom. The molecule has 1 aromatic heterocycles. The summed E-state index contributed by atoms with van der Waals surface area (Å²) in [6, 6.07) is 6.98. The number of nitrogens with one attached hydrogen (secondary N) is 2. The van der Waals surface area contributed by atoms with Crippen LogP contribution in [0.15, 0.2) is 42.7 Å². The fourth-order valence-corrected chi connectivity index (χ4v) is 3.26. The van der Waals surface area contributed by atoms with Gasteiger partial charge in [0.05, 0.1) is 24.1 Å². The summed E-state index contributed by atoms with van der Waals surface area (Å²) in [7, 11) is 0. The van der Waals surface area contributed by atoms with E-state index in [-0.39, 0.29) is 18.9 Å². The normalized spacial score (nSPS) is 12.0. The summed E-state index contributed by atoms with van der Waals surface area (Å²) in [5, 5.41) is 13.5. The van der Waals surface area contributed by atoms with Gasteiger partial charge in [-0.15, -0.1) is 0 Å². The standard InChI is InChI=1S/C20H23N3O7/c1-4-29-18(25)20(22-13(3)24,19(26)30-5-2)17(15-10-11-21-12-15)14-6-8-16(9-7-14)23(27)28/h6-12,17,21H,4-5H2,1-3H3,(H,22,24). The third kappa shape index (κ3) is 4.48. The van der Waals surface area contributed by atoms with Crippen molar-refractivity contribution in [2.75, 3.05) is 13.2 Å². The monoisotopic (exact) mass is 417 g/mol. The van der Waals surface area contributed by atoms with Crippen molar-refractivity contribution in [2.45, 2.75) is 32.2 Å². The summed E-state index contributed by atoms with van der Waals surface area (Å²) in [5.41, 5.74) is -1.56. The molecule has 0 saturated carbocycles. The molecular formula is C20H23N3O7. The van der Waals surface area contributed by atoms with Crippen molar-refractivity contribution >= 4 is 23.5 Å². The number of aromatic amines is 1. The molecule has 0 aliphatic rings. The Bertz CT molecular complexity index is 889. The van der Waals surface area contributed by atoms with Gasteiger partial charge in [0.1, 0.15) is 0 Å². The minimum atomic E-state index is -2.24. The van der Waals surface area contributed by atoms with Crippen LogP contribution in [0.2, 0.25) is 0 Å². The molecule has 0 aliphatic carbocycles. The predicted octanol–water partition coefficient (Wildman–Crippen LogP) is 2.06. The van der Waals surface area contributed by atoms with Gasteiger partial charge in [0, 0.05) is 31.5 Å². The van der Waals surface area contributed by atoms with Gasteiger partial charge in [0.2, 0.25) is 11.4 Å². The van der Waals surface area contributed by atoms with E-state index < -0.39 is 34.2 Å². The maximum absolute atomic E-state index is 13.1. The van der Waals surface area contributed by atoms with Gasteiger partial charge in [0.15, 0.2) is 0 Å². The quantitative estimate of drug-likeness (QED) is 0.275. The van der Waals surface area contributed by atoms with Crippen LogP contribution < -0.4 is 5.32 Å². The van der Waals surface area contributed by atoms with Crippen LogP contribution in [0.25, 0.3) is 0 Å². The first-order valence-corrected chi connectivity index (χ1v) is 9.28. The molecule has 1 amide bonds. The fourth-order valence-electron chi connectivity index (χ4n) is 3.26. The van der Waals surface area contributed by atoms with Crippen molar-refractivity contribution in [1.29, 1.82) is 0 Å². The van der Waals surface area contributed by atoms with Crippen LogP contribution in [-0.4, -0.2) is 46.5 Å². The highest BCUT2D eigenvalue weighted by molar-refractivity contribution is 6.09. The molecule has 0 spiro atoms. The molecule has 160 valence electrons. The topological polar surface area (TPSA) is 141 Å². The number of non-ortho nitro benzene ring substituents is 1. The zero-order chi connectivity index (χ0) is 22.3. The van der Waals surface area contributed by atoms with Gasteiger partial charge in [0.25, 0.3) is 5.69 Å². The van der Waals surface area contributed by atoms with Crippen molar-refractivity contribution in [3.8, 4) is 0 Å². The molecule has 0 fully saturated rings. The van der Waals surface area contributed by atoms with Gasteiger partial charge in [-0.3, -0.25) is 14.9 Å². The third-order valence-corrected chi connectivity index (χ3v) is 4.39. The average molecular weight is 417 g/mol. The molecule has 0 saturated heterocycles. The van der Waals surface area contributed by atoms with E-state index in [1.54, 1.807) is 32.3 Å². The molecule has 0 radical (unpaired) electrons. The van der Waals surface area contributed by atoms with Crippen molar-refractivity contribution in [1.82, 2.24) is 10.3 Å². The van der Waals surface area contributed by atoms with Crippen molar-refractivity contribution < 1.29 is 28.8 Å². The number of nitrogens with zero attached hydrogens (tertiary/aromatic N) is 1. The van der Waals surface area contributed by atoms with Crippen LogP contribution in [0.1, 0.15) is 37.8 Å². The number of hydrogen-bond acceptors (Lipinski definition) is 7. The van der Waals surface area contributed by atoms with Crippen LogP contribution in [0, 0.1) is 10.1 Å². The van der Waals surface area contributed by atoms with Crippen LogP contribution in [0.3, 0.4) is 0 Å². The van der Waals surface area contributed by atoms with E-state index in [4.69, 9.17) is 9.47 Å². The lowest BCUT2D eigenvalue weighted by molar-refractivity contribution is -0.384. The number of H-pyrrole nitrogens is 1. The Kier molecular flexibility index (Phi) is 7.29. The molecule has 10 nitrogen and oxygen atoms in total. The van der Waals surface area contributed by atoms with Gasteiger partial charge < -0.3 is 19.8 Å². The van der Waals surface area contributed by atoms with Crippen LogP contribution in [-0.2, 0) is 23.9 Å². The first-order valence-electron chi connectivity index (χ1n) is 9.28. The largest absolute Gasteiger partial charge is 0.464 e. The number of carbonyl (C=O) groups excluding carboxylic acids is 3. The zero-order valence-electron chi connectivity index (χ0n) is 16.8. The molecule has 0 bridgehead atoms. The number of carbonyl (C=O) groups is 3. The molecule has 2 N–H and O–H groups in total. The van der Waals surface area contributed by atoms with Gasteiger partial charge in [-0.05, 0) is 31.0 Å². The van der Waals surface area contributed by atoms with Crippen LogP contribution >= 0.6 is 0 Å². The summed E-state index contributed by atoms with van der Waals surface area (Å²) in [6.07, 6.45) is 3.14. The number of hydrogen-bond donors (Lipinski definition) is 2. The van der Waals surface area contributed by atoms with Gasteiger partial charge in [-0.1, -0.05) is 12.1 Å². The molecule has 1 heterocycles. The zero-order valence-corrected chi connectivity index (χ0v) is 16.8. The van der Waals surface area contributed by atoms with E-state index in [1.807, 2.05) is 0 Å². The van der Waals surface area contributed by atoms with E-state index in [0.717, 1.165) is 6.92 Å². The summed E-state index contributed by atoms with van der Waals surface area (Å²) < 4.78 is 10.3. The van der Waals surface area contributed by atoms with Crippen LogP contribution in [0.5, 0.6) is 0 Å². The number of aromatic nitrogens is 1. The summed E-state index contributed by atoms with van der Waals surface area (Å²) in [4.78, 5) is 51.7. The molecule has 2 aromatic rings. The molecule has 30 heavy (non-hydrogen) atoms. The first-order chi connectivity index (χ1) is 14.3. The molecule has 1 aromatic carbocycles. The Hall–Kier alpha value is -3.69. The maximum Gasteiger partial charge on any atom is 0.344 e. The minimum absolute atomic E-state index is 0.0420. The maximum atomic E-state index is 13.1. The SMILES string of the molecule is CCOC(=O)C(NC(C)=O)(C(=O)OCC)C(c1ccc([N+](=O)[O-])cc1)c1cc[nH]c1. The van der Waals surface area contributed by atoms with Gasteiger partial charge in [-0.2, -0.15) is 0 Å². The summed E-state index contributed by atoms with van der Waals surface area (Å²) in [6.45, 7) is 4.22. The van der Waals surface area contributed by atoms with Crippen LogP contribution in [0.4, 0.5) is 5.69 Å². The lowest BCUT2D eigenvalue weighted by Gasteiger charge is -2.36. The smallest absolute Gasteiger partial charge is 0.344 e. The highest BCUT2D eigenvalue weighted by Gasteiger charge is 2.57. The minimum Gasteiger partial charge on any atom is -0.464 e.